The van der Waals surface area contributed by atoms with Crippen LogP contribution in [-0.2, 0) is 19.6 Å². The molecule has 1 atom stereocenters. The summed E-state index contributed by atoms with van der Waals surface area (Å²) in [6.45, 7) is 7.27. The lowest BCUT2D eigenvalue weighted by atomic mass is 10.1. The number of ether oxygens (including phenoxy) is 1. The fourth-order valence-electron chi connectivity index (χ4n) is 2.27. The topological polar surface area (TPSA) is 47.3 Å². The molecule has 4 nitrogen and oxygen atoms in total. The van der Waals surface area contributed by atoms with Gasteiger partial charge in [0.15, 0.2) is 0 Å². The second kappa shape index (κ2) is 7.27. The number of aryl methyl sites for hydroxylation is 3. The number of nitrogens with zero attached hydrogens (tertiary/aromatic N) is 2. The van der Waals surface area contributed by atoms with Crippen LogP contribution in [0, 0.1) is 6.92 Å². The summed E-state index contributed by atoms with van der Waals surface area (Å²) in [7, 11) is 0. The van der Waals surface area contributed by atoms with Gasteiger partial charge in [-0.05, 0) is 57.4 Å². The van der Waals surface area contributed by atoms with Crippen LogP contribution in [0.4, 0.5) is 0 Å². The average Bonchev–Trinajstić information content (AvgIpc) is 2.84. The Morgan fingerprint density at radius 3 is 2.62 bits per heavy atom. The van der Waals surface area contributed by atoms with Crippen molar-refractivity contribution in [3.05, 3.63) is 47.3 Å². The third-order valence-corrected chi connectivity index (χ3v) is 3.45. The van der Waals surface area contributed by atoms with Crippen molar-refractivity contribution >= 4 is 0 Å². The number of benzene rings is 1. The van der Waals surface area contributed by atoms with Crippen molar-refractivity contribution in [2.24, 2.45) is 0 Å². The van der Waals surface area contributed by atoms with Crippen LogP contribution in [0.5, 0.6) is 5.75 Å². The van der Waals surface area contributed by atoms with Crippen molar-refractivity contribution < 1.29 is 9.84 Å². The van der Waals surface area contributed by atoms with E-state index in [1.54, 1.807) is 0 Å². The van der Waals surface area contributed by atoms with Crippen LogP contribution in [0.1, 0.15) is 37.2 Å². The molecular weight excluding hydrogens is 264 g/mol. The molecule has 114 valence electrons. The molecule has 0 aliphatic rings. The molecule has 0 saturated heterocycles. The van der Waals surface area contributed by atoms with Crippen molar-refractivity contribution in [2.45, 2.75) is 52.9 Å². The Morgan fingerprint density at radius 2 is 2.00 bits per heavy atom. The van der Waals surface area contributed by atoms with Crippen molar-refractivity contribution in [3.63, 3.8) is 0 Å². The van der Waals surface area contributed by atoms with Gasteiger partial charge in [0.25, 0.3) is 0 Å². The fraction of sp³-hybridized carbons (Fsp3) is 0.471. The zero-order valence-corrected chi connectivity index (χ0v) is 13.0. The molecule has 1 unspecified atom stereocenters. The maximum Gasteiger partial charge on any atom is 0.130 e. The lowest BCUT2D eigenvalue weighted by Crippen LogP contribution is -2.06. The monoisotopic (exact) mass is 288 g/mol. The predicted molar refractivity (Wildman–Crippen MR) is 83.4 cm³/mol. The van der Waals surface area contributed by atoms with Crippen LogP contribution in [0.25, 0.3) is 0 Å². The first-order chi connectivity index (χ1) is 10.1. The molecule has 1 heterocycles. The van der Waals surface area contributed by atoms with E-state index in [0.29, 0.717) is 6.61 Å². The normalized spacial score (nSPS) is 12.4. The van der Waals surface area contributed by atoms with Crippen LogP contribution in [-0.4, -0.2) is 21.0 Å². The number of hydrogen-bond acceptors (Lipinski definition) is 3. The average molecular weight is 288 g/mol. The predicted octanol–water partition coefficient (Wildman–Crippen LogP) is 3.10. The first-order valence-electron chi connectivity index (χ1n) is 7.51. The van der Waals surface area contributed by atoms with Gasteiger partial charge in [0.2, 0.25) is 0 Å². The summed E-state index contributed by atoms with van der Waals surface area (Å²) in [6, 6.07) is 10.1. The molecule has 0 fully saturated rings. The quantitative estimate of drug-likeness (QED) is 0.851. The molecule has 2 rings (SSSR count). The zero-order valence-electron chi connectivity index (χ0n) is 13.0. The fourth-order valence-corrected chi connectivity index (χ4v) is 2.27. The third kappa shape index (κ3) is 4.60. The highest BCUT2D eigenvalue weighted by Crippen LogP contribution is 2.16. The highest BCUT2D eigenvalue weighted by atomic mass is 16.5. The summed E-state index contributed by atoms with van der Waals surface area (Å²) in [5.41, 5.74) is 3.33. The Morgan fingerprint density at radius 1 is 1.29 bits per heavy atom. The zero-order chi connectivity index (χ0) is 15.2. The standard InChI is InChI=1S/C17H24N2O2/c1-4-19-16(11-13(2)18-19)12-21-17-9-7-15(8-10-17)6-5-14(3)20/h7-11,14,20H,4-6,12H2,1-3H3. The van der Waals surface area contributed by atoms with Crippen LogP contribution in [0.2, 0.25) is 0 Å². The summed E-state index contributed by atoms with van der Waals surface area (Å²) in [6.07, 6.45) is 1.42. The summed E-state index contributed by atoms with van der Waals surface area (Å²) < 4.78 is 7.78. The van der Waals surface area contributed by atoms with Gasteiger partial charge in [0.05, 0.1) is 17.5 Å². The molecule has 4 heteroatoms. The molecule has 21 heavy (non-hydrogen) atoms. The molecule has 0 bridgehead atoms. The number of hydrogen-bond donors (Lipinski definition) is 1. The minimum absolute atomic E-state index is 0.251. The van der Waals surface area contributed by atoms with Crippen molar-refractivity contribution in [1.29, 1.82) is 0 Å². The van der Waals surface area contributed by atoms with Crippen LogP contribution >= 0.6 is 0 Å². The van der Waals surface area contributed by atoms with Gasteiger partial charge in [-0.25, -0.2) is 0 Å². The summed E-state index contributed by atoms with van der Waals surface area (Å²) in [4.78, 5) is 0. The van der Waals surface area contributed by atoms with Gasteiger partial charge in [-0.1, -0.05) is 12.1 Å². The molecule has 1 N–H and O–H groups in total. The van der Waals surface area contributed by atoms with Gasteiger partial charge in [-0.15, -0.1) is 0 Å². The van der Waals surface area contributed by atoms with E-state index >= 15 is 0 Å². The number of aromatic nitrogens is 2. The van der Waals surface area contributed by atoms with Gasteiger partial charge < -0.3 is 9.84 Å². The van der Waals surface area contributed by atoms with Crippen LogP contribution < -0.4 is 4.74 Å². The van der Waals surface area contributed by atoms with Crippen LogP contribution in [0.15, 0.2) is 30.3 Å². The number of rotatable bonds is 7. The molecule has 1 aromatic heterocycles. The minimum atomic E-state index is -0.251. The second-order valence-corrected chi connectivity index (χ2v) is 5.41. The first-order valence-corrected chi connectivity index (χ1v) is 7.51. The Hall–Kier alpha value is -1.81. The van der Waals surface area contributed by atoms with Gasteiger partial charge >= 0.3 is 0 Å². The number of aliphatic hydroxyl groups is 1. The molecular formula is C17H24N2O2. The van der Waals surface area contributed by atoms with E-state index in [1.165, 1.54) is 5.56 Å². The van der Waals surface area contributed by atoms with E-state index in [1.807, 2.05) is 30.7 Å². The SMILES string of the molecule is CCn1nc(C)cc1COc1ccc(CCC(C)O)cc1. The first kappa shape index (κ1) is 15.6. The van der Waals surface area contributed by atoms with E-state index < -0.39 is 0 Å². The summed E-state index contributed by atoms with van der Waals surface area (Å²) >= 11 is 0. The molecule has 0 aliphatic heterocycles. The summed E-state index contributed by atoms with van der Waals surface area (Å²) in [5.74, 6) is 0.859. The Balaban J connectivity index is 1.91. The van der Waals surface area contributed by atoms with Crippen molar-refractivity contribution in [3.8, 4) is 5.75 Å². The van der Waals surface area contributed by atoms with E-state index in [4.69, 9.17) is 4.74 Å². The third-order valence-electron chi connectivity index (χ3n) is 3.45. The minimum Gasteiger partial charge on any atom is -0.487 e. The smallest absolute Gasteiger partial charge is 0.130 e. The maximum absolute atomic E-state index is 9.30. The van der Waals surface area contributed by atoms with Crippen molar-refractivity contribution in [2.75, 3.05) is 0 Å². The van der Waals surface area contributed by atoms with Crippen molar-refractivity contribution in [1.82, 2.24) is 9.78 Å². The highest BCUT2D eigenvalue weighted by Gasteiger charge is 2.05. The molecule has 1 aromatic carbocycles. The molecule has 0 radical (unpaired) electrons. The second-order valence-electron chi connectivity index (χ2n) is 5.41. The molecule has 0 amide bonds. The van der Waals surface area contributed by atoms with Crippen LogP contribution in [0.3, 0.4) is 0 Å². The Bertz CT molecular complexity index is 559. The van der Waals surface area contributed by atoms with E-state index in [-0.39, 0.29) is 6.10 Å². The molecule has 0 aliphatic carbocycles. The highest BCUT2D eigenvalue weighted by molar-refractivity contribution is 5.27. The van der Waals surface area contributed by atoms with E-state index in [9.17, 15) is 5.11 Å². The molecule has 0 saturated carbocycles. The van der Waals surface area contributed by atoms with Gasteiger partial charge in [0, 0.05) is 6.54 Å². The Labute approximate surface area is 126 Å². The lowest BCUT2D eigenvalue weighted by Gasteiger charge is -2.09. The Kier molecular flexibility index (Phi) is 5.39. The van der Waals surface area contributed by atoms with Gasteiger partial charge in [-0.3, -0.25) is 4.68 Å². The largest absolute Gasteiger partial charge is 0.487 e. The maximum atomic E-state index is 9.30. The number of aliphatic hydroxyl groups excluding tert-OH is 1. The molecule has 2 aromatic rings. The van der Waals surface area contributed by atoms with E-state index in [2.05, 4.69) is 30.2 Å². The summed E-state index contributed by atoms with van der Waals surface area (Å²) in [5, 5.41) is 13.7. The van der Waals surface area contributed by atoms with Gasteiger partial charge in [-0.2, -0.15) is 5.10 Å². The molecule has 0 spiro atoms. The lowest BCUT2D eigenvalue weighted by molar-refractivity contribution is 0.185. The van der Waals surface area contributed by atoms with Gasteiger partial charge in [0.1, 0.15) is 12.4 Å². The van der Waals surface area contributed by atoms with E-state index in [0.717, 1.165) is 36.5 Å².